The summed E-state index contributed by atoms with van der Waals surface area (Å²) >= 11 is 0. The van der Waals surface area contributed by atoms with Crippen LogP contribution in [0.4, 0.5) is 0 Å². The number of furan rings is 1. The average molecular weight is 391 g/mol. The van der Waals surface area contributed by atoms with Crippen molar-refractivity contribution in [2.24, 2.45) is 5.92 Å². The Morgan fingerprint density at radius 1 is 1.29 bits per heavy atom. The number of aryl methyl sites for hydroxylation is 2. The van der Waals surface area contributed by atoms with Crippen LogP contribution in [0.15, 0.2) is 21.0 Å². The van der Waals surface area contributed by atoms with Crippen LogP contribution in [-0.2, 0) is 20.9 Å². The molecule has 0 bridgehead atoms. The maximum Gasteiger partial charge on any atom is 0.335 e. The standard InChI is InChI=1S/C21H29NO6/c1-13-8-9-18(27-13)19-22-17(14(2)28-19)12-25-16-7-5-6-15(10-16)11-26-21(3,4)20(23)24/h8-9,15-16H,5-7,10-12H2,1-4H3,(H,23,24)/t15-,16+/m1/s1. The molecule has 2 aromatic heterocycles. The first-order valence-corrected chi connectivity index (χ1v) is 9.76. The van der Waals surface area contributed by atoms with Crippen LogP contribution < -0.4 is 0 Å². The predicted molar refractivity (Wildman–Crippen MR) is 102 cm³/mol. The fourth-order valence-corrected chi connectivity index (χ4v) is 3.35. The highest BCUT2D eigenvalue weighted by Gasteiger charge is 2.31. The molecule has 0 radical (unpaired) electrons. The van der Waals surface area contributed by atoms with Crippen LogP contribution in [-0.4, -0.2) is 34.4 Å². The van der Waals surface area contributed by atoms with E-state index in [0.717, 1.165) is 42.9 Å². The van der Waals surface area contributed by atoms with Gasteiger partial charge >= 0.3 is 5.97 Å². The molecule has 2 atom stereocenters. The summed E-state index contributed by atoms with van der Waals surface area (Å²) in [5.74, 6) is 1.98. The monoisotopic (exact) mass is 391 g/mol. The lowest BCUT2D eigenvalue weighted by Crippen LogP contribution is -2.37. The van der Waals surface area contributed by atoms with E-state index in [9.17, 15) is 9.90 Å². The number of aliphatic carboxylic acids is 1. The van der Waals surface area contributed by atoms with Crippen molar-refractivity contribution >= 4 is 5.97 Å². The number of aromatic nitrogens is 1. The molecule has 1 fully saturated rings. The Bertz CT molecular complexity index is 806. The van der Waals surface area contributed by atoms with E-state index in [0.29, 0.717) is 30.8 Å². The summed E-state index contributed by atoms with van der Waals surface area (Å²) in [7, 11) is 0. The number of hydrogen-bond acceptors (Lipinski definition) is 6. The molecule has 0 aliphatic heterocycles. The number of oxazole rings is 1. The van der Waals surface area contributed by atoms with Crippen LogP contribution in [0.3, 0.4) is 0 Å². The second kappa shape index (κ2) is 8.49. The van der Waals surface area contributed by atoms with E-state index < -0.39 is 11.6 Å². The van der Waals surface area contributed by atoms with Crippen molar-refractivity contribution in [1.29, 1.82) is 0 Å². The smallest absolute Gasteiger partial charge is 0.335 e. The molecule has 2 heterocycles. The summed E-state index contributed by atoms with van der Waals surface area (Å²) < 4.78 is 23.0. The highest BCUT2D eigenvalue weighted by Crippen LogP contribution is 2.29. The van der Waals surface area contributed by atoms with Crippen molar-refractivity contribution in [3.63, 3.8) is 0 Å². The van der Waals surface area contributed by atoms with E-state index in [4.69, 9.17) is 18.3 Å². The van der Waals surface area contributed by atoms with Gasteiger partial charge < -0.3 is 23.4 Å². The Kier molecular flexibility index (Phi) is 6.25. The van der Waals surface area contributed by atoms with Gasteiger partial charge in [0.15, 0.2) is 11.4 Å². The van der Waals surface area contributed by atoms with Gasteiger partial charge in [-0.1, -0.05) is 6.42 Å². The molecule has 2 aromatic rings. The lowest BCUT2D eigenvalue weighted by molar-refractivity contribution is -0.163. The highest BCUT2D eigenvalue weighted by atomic mass is 16.5. The SMILES string of the molecule is Cc1ccc(-c2nc(CO[C@H]3CCC[C@@H](COC(C)(C)C(=O)O)C3)c(C)o2)o1. The third-order valence-electron chi connectivity index (χ3n) is 5.23. The van der Waals surface area contributed by atoms with Gasteiger partial charge in [0.05, 0.1) is 19.3 Å². The number of carboxylic acids is 1. The van der Waals surface area contributed by atoms with Gasteiger partial charge in [0.1, 0.15) is 17.2 Å². The van der Waals surface area contributed by atoms with Crippen LogP contribution in [0.2, 0.25) is 0 Å². The molecular weight excluding hydrogens is 362 g/mol. The summed E-state index contributed by atoms with van der Waals surface area (Å²) in [6.07, 6.45) is 4.03. The van der Waals surface area contributed by atoms with Gasteiger partial charge in [-0.2, -0.15) is 0 Å². The van der Waals surface area contributed by atoms with Crippen molar-refractivity contribution < 1.29 is 28.2 Å². The molecule has 1 N–H and O–H groups in total. The molecule has 0 aromatic carbocycles. The molecule has 0 spiro atoms. The topological polar surface area (TPSA) is 94.9 Å². The summed E-state index contributed by atoms with van der Waals surface area (Å²) in [6.45, 7) is 7.73. The number of rotatable bonds is 8. The highest BCUT2D eigenvalue weighted by molar-refractivity contribution is 5.76. The first-order chi connectivity index (χ1) is 13.2. The fourth-order valence-electron chi connectivity index (χ4n) is 3.35. The molecule has 0 amide bonds. The summed E-state index contributed by atoms with van der Waals surface area (Å²) in [5.41, 5.74) is -0.388. The zero-order chi connectivity index (χ0) is 20.3. The lowest BCUT2D eigenvalue weighted by Gasteiger charge is -2.31. The van der Waals surface area contributed by atoms with E-state index >= 15 is 0 Å². The second-order valence-electron chi connectivity index (χ2n) is 8.02. The molecule has 1 saturated carbocycles. The molecule has 7 heteroatoms. The van der Waals surface area contributed by atoms with Crippen LogP contribution >= 0.6 is 0 Å². The largest absolute Gasteiger partial charge is 0.479 e. The maximum atomic E-state index is 11.2. The van der Waals surface area contributed by atoms with E-state index in [-0.39, 0.29) is 6.10 Å². The number of carbonyl (C=O) groups is 1. The lowest BCUT2D eigenvalue weighted by atomic mass is 9.87. The van der Waals surface area contributed by atoms with Crippen molar-refractivity contribution in [3.05, 3.63) is 29.3 Å². The summed E-state index contributed by atoms with van der Waals surface area (Å²) in [5, 5.41) is 9.17. The fraction of sp³-hybridized carbons (Fsp3) is 0.619. The maximum absolute atomic E-state index is 11.2. The minimum absolute atomic E-state index is 0.112. The second-order valence-corrected chi connectivity index (χ2v) is 8.02. The summed E-state index contributed by atoms with van der Waals surface area (Å²) in [6, 6.07) is 3.72. The van der Waals surface area contributed by atoms with Gasteiger partial charge in [0.2, 0.25) is 0 Å². The Morgan fingerprint density at radius 3 is 2.75 bits per heavy atom. The average Bonchev–Trinajstić information content (AvgIpc) is 3.24. The number of carboxylic acid groups (broad SMARTS) is 1. The zero-order valence-electron chi connectivity index (χ0n) is 17.0. The van der Waals surface area contributed by atoms with Crippen LogP contribution in [0.1, 0.15) is 56.7 Å². The van der Waals surface area contributed by atoms with Gasteiger partial charge in [-0.15, -0.1) is 0 Å². The molecule has 0 unspecified atom stereocenters. The molecule has 3 rings (SSSR count). The third-order valence-corrected chi connectivity index (χ3v) is 5.23. The Balaban J connectivity index is 1.52. The van der Waals surface area contributed by atoms with Crippen molar-refractivity contribution in [3.8, 4) is 11.7 Å². The van der Waals surface area contributed by atoms with Gasteiger partial charge in [0, 0.05) is 0 Å². The number of hydrogen-bond donors (Lipinski definition) is 1. The molecule has 28 heavy (non-hydrogen) atoms. The van der Waals surface area contributed by atoms with Crippen molar-refractivity contribution in [2.45, 2.75) is 71.7 Å². The predicted octanol–water partition coefficient (Wildman–Crippen LogP) is 4.51. The first kappa shape index (κ1) is 20.6. The summed E-state index contributed by atoms with van der Waals surface area (Å²) in [4.78, 5) is 15.7. The minimum Gasteiger partial charge on any atom is -0.479 e. The Labute approximate surface area is 165 Å². The normalized spacial score (nSPS) is 20.4. The Hall–Kier alpha value is -2.12. The quantitative estimate of drug-likeness (QED) is 0.707. The molecular formula is C21H29NO6. The molecule has 0 saturated heterocycles. The number of nitrogens with zero attached hydrogens (tertiary/aromatic N) is 1. The van der Waals surface area contributed by atoms with Gasteiger partial charge in [-0.3, -0.25) is 0 Å². The molecule has 154 valence electrons. The Morgan fingerprint density at radius 2 is 2.07 bits per heavy atom. The van der Waals surface area contributed by atoms with Gasteiger partial charge in [-0.25, -0.2) is 9.78 Å². The van der Waals surface area contributed by atoms with Crippen LogP contribution in [0, 0.1) is 19.8 Å². The third kappa shape index (κ3) is 5.02. The first-order valence-electron chi connectivity index (χ1n) is 9.76. The zero-order valence-corrected chi connectivity index (χ0v) is 17.0. The van der Waals surface area contributed by atoms with E-state index in [1.807, 2.05) is 26.0 Å². The molecule has 7 nitrogen and oxygen atoms in total. The van der Waals surface area contributed by atoms with E-state index in [2.05, 4.69) is 4.98 Å². The van der Waals surface area contributed by atoms with Gasteiger partial charge in [-0.05, 0) is 65.0 Å². The van der Waals surface area contributed by atoms with Crippen LogP contribution in [0.25, 0.3) is 11.7 Å². The number of ether oxygens (including phenoxy) is 2. The minimum atomic E-state index is -1.16. The van der Waals surface area contributed by atoms with Crippen LogP contribution in [0.5, 0.6) is 0 Å². The van der Waals surface area contributed by atoms with Gasteiger partial charge in [0.25, 0.3) is 5.89 Å². The van der Waals surface area contributed by atoms with Crippen molar-refractivity contribution in [1.82, 2.24) is 4.98 Å². The van der Waals surface area contributed by atoms with Crippen molar-refractivity contribution in [2.75, 3.05) is 6.61 Å². The molecule has 1 aliphatic carbocycles. The van der Waals surface area contributed by atoms with E-state index in [1.54, 1.807) is 13.8 Å². The van der Waals surface area contributed by atoms with E-state index in [1.165, 1.54) is 0 Å². The molecule has 1 aliphatic rings.